The molecule has 4 heteroatoms. The number of amides is 1. The van der Waals surface area contributed by atoms with Crippen LogP contribution in [0.1, 0.15) is 24.1 Å². The minimum absolute atomic E-state index is 0.108. The summed E-state index contributed by atoms with van der Waals surface area (Å²) in [5.74, 6) is -0.108. The lowest BCUT2D eigenvalue weighted by Gasteiger charge is -2.16. The van der Waals surface area contributed by atoms with Crippen molar-refractivity contribution in [3.8, 4) is 0 Å². The first-order valence-electron chi connectivity index (χ1n) is 6.91. The SMILES string of the molecule is Cc1ccccc1C(C)NCC(=O)Nc1ccccc1Cl. The summed E-state index contributed by atoms with van der Waals surface area (Å²) in [7, 11) is 0. The first-order valence-corrected chi connectivity index (χ1v) is 7.29. The zero-order chi connectivity index (χ0) is 15.2. The third-order valence-electron chi connectivity index (χ3n) is 3.37. The number of halogens is 1. The van der Waals surface area contributed by atoms with Gasteiger partial charge in [0, 0.05) is 6.04 Å². The van der Waals surface area contributed by atoms with Crippen LogP contribution in [0.15, 0.2) is 48.5 Å². The lowest BCUT2D eigenvalue weighted by Crippen LogP contribution is -2.30. The van der Waals surface area contributed by atoms with Gasteiger partial charge in [0.1, 0.15) is 0 Å². The van der Waals surface area contributed by atoms with Crippen molar-refractivity contribution >= 4 is 23.2 Å². The van der Waals surface area contributed by atoms with Gasteiger partial charge in [-0.15, -0.1) is 0 Å². The van der Waals surface area contributed by atoms with Crippen molar-refractivity contribution in [3.63, 3.8) is 0 Å². The van der Waals surface area contributed by atoms with Gasteiger partial charge in [-0.05, 0) is 37.1 Å². The Balaban J connectivity index is 1.90. The number of rotatable bonds is 5. The molecule has 2 aromatic carbocycles. The van der Waals surface area contributed by atoms with Crippen LogP contribution in [-0.4, -0.2) is 12.5 Å². The highest BCUT2D eigenvalue weighted by atomic mass is 35.5. The maximum Gasteiger partial charge on any atom is 0.238 e. The maximum absolute atomic E-state index is 12.0. The summed E-state index contributed by atoms with van der Waals surface area (Å²) < 4.78 is 0. The predicted octanol–water partition coefficient (Wildman–Crippen LogP) is 3.94. The quantitative estimate of drug-likeness (QED) is 0.878. The second-order valence-electron chi connectivity index (χ2n) is 4.99. The summed E-state index contributed by atoms with van der Waals surface area (Å²) in [6.07, 6.45) is 0. The van der Waals surface area contributed by atoms with Gasteiger partial charge in [-0.1, -0.05) is 48.0 Å². The molecule has 0 spiro atoms. The van der Waals surface area contributed by atoms with E-state index in [1.165, 1.54) is 11.1 Å². The van der Waals surface area contributed by atoms with E-state index < -0.39 is 0 Å². The van der Waals surface area contributed by atoms with Crippen molar-refractivity contribution in [1.29, 1.82) is 0 Å². The zero-order valence-corrected chi connectivity index (χ0v) is 12.9. The molecule has 0 bridgehead atoms. The number of anilines is 1. The fraction of sp³-hybridized carbons (Fsp3) is 0.235. The van der Waals surface area contributed by atoms with Gasteiger partial charge in [0.25, 0.3) is 0 Å². The van der Waals surface area contributed by atoms with Gasteiger partial charge >= 0.3 is 0 Å². The van der Waals surface area contributed by atoms with Crippen LogP contribution in [-0.2, 0) is 4.79 Å². The van der Waals surface area contributed by atoms with Crippen molar-refractivity contribution in [2.24, 2.45) is 0 Å². The van der Waals surface area contributed by atoms with Gasteiger partial charge in [-0.25, -0.2) is 0 Å². The smallest absolute Gasteiger partial charge is 0.238 e. The first-order chi connectivity index (χ1) is 10.1. The number of carbonyl (C=O) groups is 1. The molecule has 0 saturated carbocycles. The van der Waals surface area contributed by atoms with Crippen LogP contribution in [0.25, 0.3) is 0 Å². The Labute approximate surface area is 130 Å². The Morgan fingerprint density at radius 2 is 1.81 bits per heavy atom. The molecule has 21 heavy (non-hydrogen) atoms. The third-order valence-corrected chi connectivity index (χ3v) is 3.70. The number of hydrogen-bond donors (Lipinski definition) is 2. The van der Waals surface area contributed by atoms with Gasteiger partial charge in [0.05, 0.1) is 17.3 Å². The van der Waals surface area contributed by atoms with Crippen LogP contribution in [0, 0.1) is 6.92 Å². The summed E-state index contributed by atoms with van der Waals surface area (Å²) in [6.45, 7) is 4.35. The fourth-order valence-electron chi connectivity index (χ4n) is 2.19. The van der Waals surface area contributed by atoms with E-state index in [-0.39, 0.29) is 18.5 Å². The standard InChI is InChI=1S/C17H19ClN2O/c1-12-7-3-4-8-14(12)13(2)19-11-17(21)20-16-10-6-5-9-15(16)18/h3-10,13,19H,11H2,1-2H3,(H,20,21). The Kier molecular flexibility index (Phi) is 5.37. The number of nitrogens with one attached hydrogen (secondary N) is 2. The second kappa shape index (κ2) is 7.25. The van der Waals surface area contributed by atoms with E-state index >= 15 is 0 Å². The molecule has 2 N–H and O–H groups in total. The molecule has 2 rings (SSSR count). The number of hydrogen-bond acceptors (Lipinski definition) is 2. The van der Waals surface area contributed by atoms with E-state index in [0.717, 1.165) is 0 Å². The third kappa shape index (κ3) is 4.31. The van der Waals surface area contributed by atoms with E-state index in [1.54, 1.807) is 12.1 Å². The van der Waals surface area contributed by atoms with Gasteiger partial charge in [0.15, 0.2) is 0 Å². The molecule has 1 unspecified atom stereocenters. The van der Waals surface area contributed by atoms with Gasteiger partial charge in [-0.3, -0.25) is 4.79 Å². The van der Waals surface area contributed by atoms with E-state index in [1.807, 2.05) is 31.2 Å². The highest BCUT2D eigenvalue weighted by Gasteiger charge is 2.10. The number of carbonyl (C=O) groups excluding carboxylic acids is 1. The Hall–Kier alpha value is -1.84. The molecule has 0 saturated heterocycles. The summed E-state index contributed by atoms with van der Waals surface area (Å²) in [6, 6.07) is 15.5. The maximum atomic E-state index is 12.0. The molecule has 1 atom stereocenters. The van der Waals surface area contributed by atoms with Crippen molar-refractivity contribution in [2.75, 3.05) is 11.9 Å². The molecule has 0 aliphatic carbocycles. The Bertz CT molecular complexity index is 628. The number of benzene rings is 2. The van der Waals surface area contributed by atoms with E-state index in [4.69, 9.17) is 11.6 Å². The highest BCUT2D eigenvalue weighted by molar-refractivity contribution is 6.33. The van der Waals surface area contributed by atoms with Crippen LogP contribution in [0.2, 0.25) is 5.02 Å². The van der Waals surface area contributed by atoms with E-state index in [2.05, 4.69) is 29.7 Å². The minimum Gasteiger partial charge on any atom is -0.324 e. The molecular formula is C17H19ClN2O. The van der Waals surface area contributed by atoms with Crippen LogP contribution >= 0.6 is 11.6 Å². The second-order valence-corrected chi connectivity index (χ2v) is 5.39. The van der Waals surface area contributed by atoms with Gasteiger partial charge in [-0.2, -0.15) is 0 Å². The molecular weight excluding hydrogens is 284 g/mol. The van der Waals surface area contributed by atoms with Crippen molar-refractivity contribution < 1.29 is 4.79 Å². The molecule has 0 fully saturated rings. The molecule has 3 nitrogen and oxygen atoms in total. The highest BCUT2D eigenvalue weighted by Crippen LogP contribution is 2.20. The predicted molar refractivity (Wildman–Crippen MR) is 87.7 cm³/mol. The van der Waals surface area contributed by atoms with E-state index in [9.17, 15) is 4.79 Å². The van der Waals surface area contributed by atoms with Crippen LogP contribution in [0.5, 0.6) is 0 Å². The lowest BCUT2D eigenvalue weighted by atomic mass is 10.0. The molecule has 0 aromatic heterocycles. The summed E-state index contributed by atoms with van der Waals surface area (Å²) >= 11 is 6.01. The molecule has 0 aliphatic rings. The average molecular weight is 303 g/mol. The van der Waals surface area contributed by atoms with Gasteiger partial charge < -0.3 is 10.6 Å². The van der Waals surface area contributed by atoms with Crippen molar-refractivity contribution in [3.05, 3.63) is 64.7 Å². The summed E-state index contributed by atoms with van der Waals surface area (Å²) in [4.78, 5) is 12.0. The molecule has 2 aromatic rings. The molecule has 0 aliphatic heterocycles. The topological polar surface area (TPSA) is 41.1 Å². The zero-order valence-electron chi connectivity index (χ0n) is 12.2. The van der Waals surface area contributed by atoms with E-state index in [0.29, 0.717) is 10.7 Å². The first kappa shape index (κ1) is 15.5. The number of aryl methyl sites for hydroxylation is 1. The fourth-order valence-corrected chi connectivity index (χ4v) is 2.37. The summed E-state index contributed by atoms with van der Waals surface area (Å²) in [5, 5.41) is 6.56. The van der Waals surface area contributed by atoms with Crippen LogP contribution in [0.3, 0.4) is 0 Å². The summed E-state index contributed by atoms with van der Waals surface area (Å²) in [5.41, 5.74) is 3.04. The minimum atomic E-state index is -0.108. The van der Waals surface area contributed by atoms with Crippen LogP contribution in [0.4, 0.5) is 5.69 Å². The Morgan fingerprint density at radius 3 is 2.52 bits per heavy atom. The Morgan fingerprint density at radius 1 is 1.14 bits per heavy atom. The monoisotopic (exact) mass is 302 g/mol. The number of para-hydroxylation sites is 1. The van der Waals surface area contributed by atoms with Crippen molar-refractivity contribution in [2.45, 2.75) is 19.9 Å². The molecule has 0 heterocycles. The lowest BCUT2D eigenvalue weighted by molar-refractivity contribution is -0.115. The largest absolute Gasteiger partial charge is 0.324 e. The molecule has 1 amide bonds. The van der Waals surface area contributed by atoms with Gasteiger partial charge in [0.2, 0.25) is 5.91 Å². The molecule has 0 radical (unpaired) electrons. The average Bonchev–Trinajstić information content (AvgIpc) is 2.48. The van der Waals surface area contributed by atoms with Crippen LogP contribution < -0.4 is 10.6 Å². The normalized spacial score (nSPS) is 12.0. The molecule has 110 valence electrons. The van der Waals surface area contributed by atoms with Crippen molar-refractivity contribution in [1.82, 2.24) is 5.32 Å².